The van der Waals surface area contributed by atoms with Crippen molar-refractivity contribution in [3.05, 3.63) is 72.4 Å². The molecule has 0 radical (unpaired) electrons. The second-order valence-electron chi connectivity index (χ2n) is 7.38. The lowest BCUT2D eigenvalue weighted by Gasteiger charge is -2.34. The van der Waals surface area contributed by atoms with Crippen LogP contribution in [0.4, 0.5) is 0 Å². The van der Waals surface area contributed by atoms with Crippen LogP contribution in [-0.2, 0) is 22.7 Å². The Morgan fingerprint density at radius 3 is 2.72 bits per heavy atom. The van der Waals surface area contributed by atoms with Gasteiger partial charge in [-0.15, -0.1) is 0 Å². The quantitative estimate of drug-likeness (QED) is 0.650. The van der Waals surface area contributed by atoms with E-state index in [-0.39, 0.29) is 18.2 Å². The number of amides is 2. The lowest BCUT2D eigenvalue weighted by Crippen LogP contribution is -2.56. The standard InChI is InChI=1S/C23H26N4O2/c28-22(24-11-14-26-13-10-19-8-4-5-9-20(19)26)16-21-23(29)25-12-15-27(21)17-18-6-2-1-3-7-18/h1-10,13,21H,11-12,14-17H2,(H,24,28)(H,25,29). The molecule has 1 aliphatic heterocycles. The number of carbonyl (C=O) groups is 2. The zero-order valence-corrected chi connectivity index (χ0v) is 16.4. The third kappa shape index (κ3) is 4.66. The molecule has 1 atom stereocenters. The summed E-state index contributed by atoms with van der Waals surface area (Å²) < 4.78 is 2.13. The molecule has 6 nitrogen and oxygen atoms in total. The predicted molar refractivity (Wildman–Crippen MR) is 113 cm³/mol. The monoisotopic (exact) mass is 390 g/mol. The SMILES string of the molecule is O=C(CC1C(=O)NCCN1Cc1ccccc1)NCCn1ccc2ccccc21. The van der Waals surface area contributed by atoms with Crippen LogP contribution in [0.1, 0.15) is 12.0 Å². The normalized spacial score (nSPS) is 17.2. The molecule has 1 saturated heterocycles. The number of rotatable bonds is 7. The Morgan fingerprint density at radius 2 is 1.86 bits per heavy atom. The fraction of sp³-hybridized carbons (Fsp3) is 0.304. The minimum atomic E-state index is -0.434. The highest BCUT2D eigenvalue weighted by Crippen LogP contribution is 2.15. The molecule has 0 spiro atoms. The van der Waals surface area contributed by atoms with Crippen LogP contribution in [0.3, 0.4) is 0 Å². The summed E-state index contributed by atoms with van der Waals surface area (Å²) in [5.41, 5.74) is 2.30. The van der Waals surface area contributed by atoms with Crippen molar-refractivity contribution in [2.45, 2.75) is 25.6 Å². The molecule has 150 valence electrons. The number of nitrogens with zero attached hydrogens (tertiary/aromatic N) is 2. The summed E-state index contributed by atoms with van der Waals surface area (Å²) in [6.45, 7) is 3.26. The van der Waals surface area contributed by atoms with Gasteiger partial charge >= 0.3 is 0 Å². The van der Waals surface area contributed by atoms with Gasteiger partial charge in [0.25, 0.3) is 0 Å². The number of nitrogens with one attached hydrogen (secondary N) is 2. The number of hydrogen-bond donors (Lipinski definition) is 2. The topological polar surface area (TPSA) is 66.4 Å². The van der Waals surface area contributed by atoms with Crippen LogP contribution in [0.15, 0.2) is 66.9 Å². The van der Waals surface area contributed by atoms with Crippen LogP contribution in [-0.4, -0.2) is 47.0 Å². The summed E-state index contributed by atoms with van der Waals surface area (Å²) in [6.07, 6.45) is 2.21. The van der Waals surface area contributed by atoms with Gasteiger partial charge in [-0.1, -0.05) is 48.5 Å². The molecule has 0 saturated carbocycles. The van der Waals surface area contributed by atoms with Crippen molar-refractivity contribution in [3.8, 4) is 0 Å². The van der Waals surface area contributed by atoms with Crippen molar-refractivity contribution in [2.75, 3.05) is 19.6 Å². The molecule has 1 aromatic heterocycles. The first-order valence-electron chi connectivity index (χ1n) is 10.1. The van der Waals surface area contributed by atoms with E-state index < -0.39 is 6.04 Å². The molecule has 4 rings (SSSR count). The number of benzene rings is 2. The minimum absolute atomic E-state index is 0.0706. The van der Waals surface area contributed by atoms with Crippen LogP contribution in [0.2, 0.25) is 0 Å². The van der Waals surface area contributed by atoms with Gasteiger partial charge in [0.05, 0.1) is 12.5 Å². The van der Waals surface area contributed by atoms with Crippen molar-refractivity contribution >= 4 is 22.7 Å². The van der Waals surface area contributed by atoms with E-state index in [9.17, 15) is 9.59 Å². The van der Waals surface area contributed by atoms with E-state index >= 15 is 0 Å². The fourth-order valence-electron chi connectivity index (χ4n) is 3.89. The van der Waals surface area contributed by atoms with Crippen LogP contribution in [0.25, 0.3) is 10.9 Å². The minimum Gasteiger partial charge on any atom is -0.354 e. The molecular formula is C23H26N4O2. The van der Waals surface area contributed by atoms with Crippen LogP contribution in [0, 0.1) is 0 Å². The Bertz CT molecular complexity index is 983. The van der Waals surface area contributed by atoms with Gasteiger partial charge in [0, 0.05) is 44.4 Å². The Labute approximate surface area is 170 Å². The Balaban J connectivity index is 1.32. The zero-order chi connectivity index (χ0) is 20.1. The lowest BCUT2D eigenvalue weighted by atomic mass is 10.1. The van der Waals surface area contributed by atoms with Gasteiger partial charge in [-0.25, -0.2) is 0 Å². The number of para-hydroxylation sites is 1. The van der Waals surface area contributed by atoms with Gasteiger partial charge in [0.15, 0.2) is 0 Å². The lowest BCUT2D eigenvalue weighted by molar-refractivity contribution is -0.134. The average Bonchev–Trinajstić information content (AvgIpc) is 3.15. The third-order valence-corrected chi connectivity index (χ3v) is 5.40. The zero-order valence-electron chi connectivity index (χ0n) is 16.4. The van der Waals surface area contributed by atoms with E-state index in [4.69, 9.17) is 0 Å². The largest absolute Gasteiger partial charge is 0.354 e. The maximum Gasteiger partial charge on any atom is 0.237 e. The van der Waals surface area contributed by atoms with E-state index in [1.54, 1.807) is 0 Å². The van der Waals surface area contributed by atoms with E-state index in [1.807, 2.05) is 48.7 Å². The number of fused-ring (bicyclic) bond motifs is 1. The summed E-state index contributed by atoms with van der Waals surface area (Å²) in [4.78, 5) is 27.0. The predicted octanol–water partition coefficient (Wildman–Crippen LogP) is 2.15. The molecule has 0 aliphatic carbocycles. The van der Waals surface area contributed by atoms with Crippen molar-refractivity contribution < 1.29 is 9.59 Å². The first-order valence-corrected chi connectivity index (χ1v) is 10.1. The van der Waals surface area contributed by atoms with Crippen molar-refractivity contribution in [1.29, 1.82) is 0 Å². The molecular weight excluding hydrogens is 364 g/mol. The van der Waals surface area contributed by atoms with Gasteiger partial charge in [-0.2, -0.15) is 0 Å². The van der Waals surface area contributed by atoms with E-state index in [2.05, 4.69) is 38.3 Å². The van der Waals surface area contributed by atoms with E-state index in [0.29, 0.717) is 26.2 Å². The fourth-order valence-corrected chi connectivity index (χ4v) is 3.89. The highest BCUT2D eigenvalue weighted by Gasteiger charge is 2.31. The molecule has 0 bridgehead atoms. The maximum absolute atomic E-state index is 12.5. The van der Waals surface area contributed by atoms with Gasteiger partial charge < -0.3 is 15.2 Å². The van der Waals surface area contributed by atoms with E-state index in [1.165, 1.54) is 5.39 Å². The van der Waals surface area contributed by atoms with Crippen LogP contribution >= 0.6 is 0 Å². The molecule has 29 heavy (non-hydrogen) atoms. The molecule has 1 aliphatic rings. The smallest absolute Gasteiger partial charge is 0.237 e. The van der Waals surface area contributed by atoms with Gasteiger partial charge in [0.1, 0.15) is 0 Å². The Kier molecular flexibility index (Phi) is 5.91. The third-order valence-electron chi connectivity index (χ3n) is 5.40. The van der Waals surface area contributed by atoms with E-state index in [0.717, 1.165) is 17.6 Å². The summed E-state index contributed by atoms with van der Waals surface area (Å²) >= 11 is 0. The second-order valence-corrected chi connectivity index (χ2v) is 7.38. The van der Waals surface area contributed by atoms with Crippen molar-refractivity contribution in [2.24, 2.45) is 0 Å². The number of hydrogen-bond acceptors (Lipinski definition) is 3. The first kappa shape index (κ1) is 19.2. The molecule has 1 fully saturated rings. The Hall–Kier alpha value is -3.12. The number of piperazine rings is 1. The molecule has 2 N–H and O–H groups in total. The summed E-state index contributed by atoms with van der Waals surface area (Å²) in [5, 5.41) is 7.05. The molecule has 2 aromatic carbocycles. The second kappa shape index (κ2) is 8.92. The first-order chi connectivity index (χ1) is 14.2. The summed E-state index contributed by atoms with van der Waals surface area (Å²) in [7, 11) is 0. The van der Waals surface area contributed by atoms with Gasteiger partial charge in [-0.3, -0.25) is 14.5 Å². The molecule has 6 heteroatoms. The van der Waals surface area contributed by atoms with Crippen LogP contribution in [0.5, 0.6) is 0 Å². The molecule has 2 heterocycles. The van der Waals surface area contributed by atoms with Gasteiger partial charge in [0.2, 0.25) is 11.8 Å². The summed E-state index contributed by atoms with van der Waals surface area (Å²) in [6, 6.07) is 19.9. The van der Waals surface area contributed by atoms with Gasteiger partial charge in [-0.05, 0) is 23.1 Å². The summed E-state index contributed by atoms with van der Waals surface area (Å²) in [5.74, 6) is -0.166. The van der Waals surface area contributed by atoms with Crippen LogP contribution < -0.4 is 10.6 Å². The highest BCUT2D eigenvalue weighted by atomic mass is 16.2. The molecule has 2 amide bonds. The highest BCUT2D eigenvalue weighted by molar-refractivity contribution is 5.88. The molecule has 1 unspecified atom stereocenters. The van der Waals surface area contributed by atoms with Crippen molar-refractivity contribution in [1.82, 2.24) is 20.1 Å². The average molecular weight is 390 g/mol. The number of aromatic nitrogens is 1. The van der Waals surface area contributed by atoms with Crippen molar-refractivity contribution in [3.63, 3.8) is 0 Å². The maximum atomic E-state index is 12.5. The Morgan fingerprint density at radius 1 is 1.07 bits per heavy atom. The number of carbonyl (C=O) groups excluding carboxylic acids is 2. The molecule has 3 aromatic rings.